The Kier molecular flexibility index (Phi) is 10.6. The van der Waals surface area contributed by atoms with E-state index in [2.05, 4.69) is 11.6 Å². The molecule has 0 saturated carbocycles. The molecule has 0 fully saturated rings. The standard InChI is InChI=1S/C31H33NO4S/c1-3-27(34-21-24-13-7-4-8-14-24)28(35-22-25-15-9-5-10-16-25)29(30(33-2)31-32-19-20-37-31)36-23-26-17-11-6-12-18-26/h3-20,27-30H,1,21-23H2,2H3/t27-,28+,29-,30-/m1/s1. The molecule has 37 heavy (non-hydrogen) atoms. The van der Waals surface area contributed by atoms with Crippen molar-refractivity contribution in [1.82, 2.24) is 4.98 Å². The second-order valence-corrected chi connectivity index (χ2v) is 9.47. The van der Waals surface area contributed by atoms with Gasteiger partial charge in [-0.05, 0) is 16.7 Å². The third kappa shape index (κ3) is 7.92. The number of methoxy groups -OCH3 is 1. The lowest BCUT2D eigenvalue weighted by atomic mass is 10.0. The number of benzene rings is 3. The molecular weight excluding hydrogens is 482 g/mol. The van der Waals surface area contributed by atoms with Crippen LogP contribution in [0.25, 0.3) is 0 Å². The fourth-order valence-corrected chi connectivity index (χ4v) is 4.83. The SMILES string of the molecule is C=C[C@@H](OCc1ccccc1)[C@H](OCc1ccccc1)[C@@H](OCc1ccccc1)[C@@H](OC)c1nccs1. The monoisotopic (exact) mass is 515 g/mol. The average Bonchev–Trinajstić information content (AvgIpc) is 3.49. The van der Waals surface area contributed by atoms with Crippen molar-refractivity contribution in [1.29, 1.82) is 0 Å². The van der Waals surface area contributed by atoms with E-state index in [0.717, 1.165) is 21.7 Å². The third-order valence-electron chi connectivity index (χ3n) is 5.98. The van der Waals surface area contributed by atoms with E-state index < -0.39 is 24.4 Å². The highest BCUT2D eigenvalue weighted by molar-refractivity contribution is 7.09. The minimum absolute atomic E-state index is 0.393. The van der Waals surface area contributed by atoms with Gasteiger partial charge >= 0.3 is 0 Å². The van der Waals surface area contributed by atoms with Gasteiger partial charge in [0.25, 0.3) is 0 Å². The second-order valence-electron chi connectivity index (χ2n) is 8.55. The van der Waals surface area contributed by atoms with E-state index in [1.807, 2.05) is 96.4 Å². The summed E-state index contributed by atoms with van der Waals surface area (Å²) in [6.07, 6.45) is 1.62. The summed E-state index contributed by atoms with van der Waals surface area (Å²) < 4.78 is 25.5. The summed E-state index contributed by atoms with van der Waals surface area (Å²) in [5, 5.41) is 2.76. The van der Waals surface area contributed by atoms with E-state index in [4.69, 9.17) is 18.9 Å². The minimum Gasteiger partial charge on any atom is -0.371 e. The molecule has 0 amide bonds. The maximum Gasteiger partial charge on any atom is 0.137 e. The van der Waals surface area contributed by atoms with Gasteiger partial charge in [-0.2, -0.15) is 0 Å². The van der Waals surface area contributed by atoms with Gasteiger partial charge in [0.1, 0.15) is 29.4 Å². The third-order valence-corrected chi connectivity index (χ3v) is 6.82. The van der Waals surface area contributed by atoms with Gasteiger partial charge < -0.3 is 18.9 Å². The molecule has 0 radical (unpaired) electrons. The Labute approximate surface area is 223 Å². The molecule has 0 bridgehead atoms. The predicted octanol–water partition coefficient (Wildman–Crippen LogP) is 6.77. The molecule has 5 nitrogen and oxygen atoms in total. The van der Waals surface area contributed by atoms with Crippen LogP contribution in [0.3, 0.4) is 0 Å². The summed E-state index contributed by atoms with van der Waals surface area (Å²) in [6.45, 7) is 5.29. The molecular formula is C31H33NO4S. The Morgan fingerprint density at radius 1 is 0.730 bits per heavy atom. The summed E-state index contributed by atoms with van der Waals surface area (Å²) >= 11 is 1.53. The van der Waals surface area contributed by atoms with Crippen LogP contribution >= 0.6 is 11.3 Å². The van der Waals surface area contributed by atoms with Gasteiger partial charge in [-0.1, -0.05) is 97.1 Å². The largest absolute Gasteiger partial charge is 0.371 e. The van der Waals surface area contributed by atoms with Crippen LogP contribution in [0.15, 0.2) is 115 Å². The summed E-state index contributed by atoms with van der Waals surface area (Å²) in [5.74, 6) is 0. The van der Waals surface area contributed by atoms with Gasteiger partial charge in [0.2, 0.25) is 0 Å². The summed E-state index contributed by atoms with van der Waals surface area (Å²) in [6, 6.07) is 30.2. The Morgan fingerprint density at radius 2 is 1.22 bits per heavy atom. The molecule has 192 valence electrons. The molecule has 0 N–H and O–H groups in total. The molecule has 0 spiro atoms. The maximum atomic E-state index is 6.58. The molecule has 4 aromatic rings. The lowest BCUT2D eigenvalue weighted by molar-refractivity contribution is -0.176. The maximum absolute atomic E-state index is 6.58. The lowest BCUT2D eigenvalue weighted by Gasteiger charge is -2.35. The van der Waals surface area contributed by atoms with Gasteiger partial charge in [0.15, 0.2) is 0 Å². The lowest BCUT2D eigenvalue weighted by Crippen LogP contribution is -2.45. The van der Waals surface area contributed by atoms with Crippen LogP contribution in [0.1, 0.15) is 27.8 Å². The van der Waals surface area contributed by atoms with Gasteiger partial charge in [0.05, 0.1) is 19.8 Å². The van der Waals surface area contributed by atoms with Crippen molar-refractivity contribution in [2.75, 3.05) is 7.11 Å². The van der Waals surface area contributed by atoms with Crippen molar-refractivity contribution in [3.8, 4) is 0 Å². The van der Waals surface area contributed by atoms with Crippen LogP contribution in [0.2, 0.25) is 0 Å². The first-order chi connectivity index (χ1) is 18.3. The van der Waals surface area contributed by atoms with E-state index >= 15 is 0 Å². The zero-order valence-corrected chi connectivity index (χ0v) is 21.8. The van der Waals surface area contributed by atoms with E-state index in [1.54, 1.807) is 19.4 Å². The fourth-order valence-electron chi connectivity index (χ4n) is 4.08. The second kappa shape index (κ2) is 14.6. The van der Waals surface area contributed by atoms with Crippen molar-refractivity contribution in [2.45, 2.75) is 44.2 Å². The van der Waals surface area contributed by atoms with Crippen molar-refractivity contribution in [3.05, 3.63) is 137 Å². The Hall–Kier alpha value is -3.13. The van der Waals surface area contributed by atoms with E-state index in [1.165, 1.54) is 11.3 Å². The average molecular weight is 516 g/mol. The molecule has 1 heterocycles. The summed E-state index contributed by atoms with van der Waals surface area (Å²) in [4.78, 5) is 4.53. The quantitative estimate of drug-likeness (QED) is 0.164. The first-order valence-corrected chi connectivity index (χ1v) is 13.2. The predicted molar refractivity (Wildman–Crippen MR) is 147 cm³/mol. The van der Waals surface area contributed by atoms with Crippen molar-refractivity contribution >= 4 is 11.3 Å². The van der Waals surface area contributed by atoms with E-state index in [9.17, 15) is 0 Å². The normalized spacial score (nSPS) is 14.5. The Balaban J connectivity index is 1.63. The molecule has 3 aromatic carbocycles. The number of ether oxygens (including phenoxy) is 4. The van der Waals surface area contributed by atoms with Crippen LogP contribution < -0.4 is 0 Å². The number of nitrogens with zero attached hydrogens (tertiary/aromatic N) is 1. The number of rotatable bonds is 15. The van der Waals surface area contributed by atoms with Crippen molar-refractivity contribution in [2.24, 2.45) is 0 Å². The van der Waals surface area contributed by atoms with E-state index in [-0.39, 0.29) is 0 Å². The highest BCUT2D eigenvalue weighted by atomic mass is 32.1. The zero-order chi connectivity index (χ0) is 25.7. The smallest absolute Gasteiger partial charge is 0.137 e. The fraction of sp³-hybridized carbons (Fsp3) is 0.258. The molecule has 6 heteroatoms. The number of thiazole rings is 1. The highest BCUT2D eigenvalue weighted by Crippen LogP contribution is 2.32. The molecule has 0 unspecified atom stereocenters. The topological polar surface area (TPSA) is 49.8 Å². The molecule has 4 rings (SSSR count). The number of hydrogen-bond acceptors (Lipinski definition) is 6. The first kappa shape index (κ1) is 26.9. The highest BCUT2D eigenvalue weighted by Gasteiger charge is 2.39. The van der Waals surface area contributed by atoms with Crippen LogP contribution in [0.4, 0.5) is 0 Å². The van der Waals surface area contributed by atoms with Crippen LogP contribution in [-0.4, -0.2) is 30.4 Å². The van der Waals surface area contributed by atoms with Gasteiger partial charge in [-0.15, -0.1) is 17.9 Å². The minimum atomic E-state index is -0.515. The van der Waals surface area contributed by atoms with Crippen molar-refractivity contribution < 1.29 is 18.9 Å². The van der Waals surface area contributed by atoms with Gasteiger partial charge in [-0.25, -0.2) is 4.98 Å². The first-order valence-electron chi connectivity index (χ1n) is 12.3. The van der Waals surface area contributed by atoms with Crippen LogP contribution in [-0.2, 0) is 38.8 Å². The number of aromatic nitrogens is 1. The molecule has 4 atom stereocenters. The Bertz CT molecular complexity index is 1160. The van der Waals surface area contributed by atoms with Gasteiger partial charge in [0, 0.05) is 18.7 Å². The molecule has 0 saturated heterocycles. The molecule has 0 aliphatic rings. The molecule has 0 aliphatic carbocycles. The molecule has 0 aliphatic heterocycles. The van der Waals surface area contributed by atoms with Crippen molar-refractivity contribution in [3.63, 3.8) is 0 Å². The Morgan fingerprint density at radius 3 is 1.65 bits per heavy atom. The van der Waals surface area contributed by atoms with Gasteiger partial charge in [-0.3, -0.25) is 0 Å². The number of hydrogen-bond donors (Lipinski definition) is 0. The van der Waals surface area contributed by atoms with Crippen LogP contribution in [0.5, 0.6) is 0 Å². The summed E-state index contributed by atoms with van der Waals surface area (Å²) in [5.41, 5.74) is 3.19. The molecule has 1 aromatic heterocycles. The van der Waals surface area contributed by atoms with Crippen LogP contribution in [0, 0.1) is 0 Å². The zero-order valence-electron chi connectivity index (χ0n) is 21.0. The summed E-state index contributed by atoms with van der Waals surface area (Å²) in [7, 11) is 1.67. The van der Waals surface area contributed by atoms with E-state index in [0.29, 0.717) is 19.8 Å².